The van der Waals surface area contributed by atoms with Gasteiger partial charge < -0.3 is 10.0 Å². The number of aliphatic carboxylic acids is 1. The van der Waals surface area contributed by atoms with Gasteiger partial charge in [-0.25, -0.2) is 0 Å². The van der Waals surface area contributed by atoms with E-state index in [4.69, 9.17) is 5.11 Å². The zero-order chi connectivity index (χ0) is 11.4. The second-order valence-corrected chi connectivity index (χ2v) is 4.28. The Morgan fingerprint density at radius 2 is 1.75 bits per heavy atom. The van der Waals surface area contributed by atoms with E-state index in [1.165, 1.54) is 24.9 Å². The van der Waals surface area contributed by atoms with Crippen LogP contribution in [0.4, 0.5) is 5.69 Å². The summed E-state index contributed by atoms with van der Waals surface area (Å²) >= 11 is 0. The van der Waals surface area contributed by atoms with Crippen molar-refractivity contribution in [1.29, 1.82) is 0 Å². The molecule has 3 nitrogen and oxygen atoms in total. The van der Waals surface area contributed by atoms with Crippen molar-refractivity contribution in [2.24, 2.45) is 0 Å². The zero-order valence-electron chi connectivity index (χ0n) is 9.35. The van der Waals surface area contributed by atoms with Gasteiger partial charge in [0.25, 0.3) is 0 Å². The molecule has 1 N–H and O–H groups in total. The van der Waals surface area contributed by atoms with Crippen molar-refractivity contribution >= 4 is 11.7 Å². The number of rotatable bonds is 3. The Balaban J connectivity index is 2.03. The molecule has 0 bridgehead atoms. The molecule has 0 spiro atoms. The molecule has 0 radical (unpaired) electrons. The summed E-state index contributed by atoms with van der Waals surface area (Å²) in [6, 6.07) is 7.89. The summed E-state index contributed by atoms with van der Waals surface area (Å²) in [5.74, 6) is -0.772. The van der Waals surface area contributed by atoms with Crippen molar-refractivity contribution in [2.75, 3.05) is 18.0 Å². The lowest BCUT2D eigenvalue weighted by Crippen LogP contribution is -2.29. The fraction of sp³-hybridized carbons (Fsp3) is 0.462. The minimum absolute atomic E-state index is 0.111. The first-order valence-electron chi connectivity index (χ1n) is 5.81. The van der Waals surface area contributed by atoms with Crippen LogP contribution in [0.15, 0.2) is 24.3 Å². The van der Waals surface area contributed by atoms with Gasteiger partial charge in [0, 0.05) is 18.8 Å². The third kappa shape index (κ3) is 2.75. The lowest BCUT2D eigenvalue weighted by Gasteiger charge is -2.28. The molecule has 0 aromatic heterocycles. The lowest BCUT2D eigenvalue weighted by molar-refractivity contribution is -0.136. The molecule has 16 heavy (non-hydrogen) atoms. The molecule has 1 aromatic carbocycles. The van der Waals surface area contributed by atoms with Crippen LogP contribution in [0.25, 0.3) is 0 Å². The second-order valence-electron chi connectivity index (χ2n) is 4.28. The van der Waals surface area contributed by atoms with Crippen LogP contribution >= 0.6 is 0 Å². The number of hydrogen-bond acceptors (Lipinski definition) is 2. The van der Waals surface area contributed by atoms with Crippen molar-refractivity contribution in [3.8, 4) is 0 Å². The highest BCUT2D eigenvalue weighted by molar-refractivity contribution is 5.70. The third-order valence-corrected chi connectivity index (χ3v) is 3.01. The van der Waals surface area contributed by atoms with Crippen molar-refractivity contribution in [3.63, 3.8) is 0 Å². The Morgan fingerprint density at radius 3 is 2.31 bits per heavy atom. The number of anilines is 1. The van der Waals surface area contributed by atoms with Crippen LogP contribution in [-0.4, -0.2) is 24.2 Å². The molecule has 2 rings (SSSR count). The summed E-state index contributed by atoms with van der Waals surface area (Å²) in [6.45, 7) is 2.25. The molecule has 1 saturated heterocycles. The number of hydrogen-bond donors (Lipinski definition) is 1. The van der Waals surface area contributed by atoms with Gasteiger partial charge in [0.15, 0.2) is 0 Å². The van der Waals surface area contributed by atoms with Gasteiger partial charge in [0.05, 0.1) is 6.42 Å². The first kappa shape index (κ1) is 11.0. The molecule has 3 heteroatoms. The van der Waals surface area contributed by atoms with Crippen LogP contribution in [0.5, 0.6) is 0 Å². The van der Waals surface area contributed by atoms with Gasteiger partial charge in [-0.1, -0.05) is 12.1 Å². The van der Waals surface area contributed by atoms with E-state index < -0.39 is 5.97 Å². The lowest BCUT2D eigenvalue weighted by atomic mass is 10.1. The van der Waals surface area contributed by atoms with E-state index in [9.17, 15) is 4.79 Å². The van der Waals surface area contributed by atoms with Gasteiger partial charge in [-0.15, -0.1) is 0 Å². The molecule has 0 aliphatic carbocycles. The van der Waals surface area contributed by atoms with Crippen molar-refractivity contribution in [2.45, 2.75) is 25.7 Å². The molecule has 1 heterocycles. The molecule has 0 atom stereocenters. The van der Waals surface area contributed by atoms with Crippen LogP contribution in [0.1, 0.15) is 24.8 Å². The van der Waals surface area contributed by atoms with E-state index in [1.807, 2.05) is 24.3 Å². The quantitative estimate of drug-likeness (QED) is 0.848. The largest absolute Gasteiger partial charge is 0.481 e. The number of nitrogens with zero attached hydrogens (tertiary/aromatic N) is 1. The highest BCUT2D eigenvalue weighted by Gasteiger charge is 2.10. The molecule has 0 saturated carbocycles. The number of piperidine rings is 1. The standard InChI is InChI=1S/C13H17NO2/c15-13(16)10-11-4-6-12(7-5-11)14-8-2-1-3-9-14/h4-7H,1-3,8-10H2,(H,15,16). The molecule has 1 aliphatic heterocycles. The fourth-order valence-corrected chi connectivity index (χ4v) is 2.15. The maximum absolute atomic E-state index is 10.5. The van der Waals surface area contributed by atoms with Gasteiger partial charge in [-0.3, -0.25) is 4.79 Å². The molecular weight excluding hydrogens is 202 g/mol. The Bertz CT molecular complexity index is 353. The third-order valence-electron chi connectivity index (χ3n) is 3.01. The van der Waals surface area contributed by atoms with Gasteiger partial charge in [0.2, 0.25) is 0 Å². The minimum atomic E-state index is -0.772. The van der Waals surface area contributed by atoms with E-state index in [-0.39, 0.29) is 6.42 Å². The summed E-state index contributed by atoms with van der Waals surface area (Å²) in [5, 5.41) is 8.67. The van der Waals surface area contributed by atoms with Crippen LogP contribution < -0.4 is 4.90 Å². The van der Waals surface area contributed by atoms with E-state index in [1.54, 1.807) is 0 Å². The van der Waals surface area contributed by atoms with E-state index in [2.05, 4.69) is 4.90 Å². The molecular formula is C13H17NO2. The molecule has 1 aliphatic rings. The highest BCUT2D eigenvalue weighted by atomic mass is 16.4. The average Bonchev–Trinajstić information content (AvgIpc) is 2.30. The summed E-state index contributed by atoms with van der Waals surface area (Å²) in [4.78, 5) is 12.9. The van der Waals surface area contributed by atoms with Gasteiger partial charge in [0.1, 0.15) is 0 Å². The zero-order valence-corrected chi connectivity index (χ0v) is 9.35. The predicted molar refractivity (Wildman–Crippen MR) is 63.8 cm³/mol. The topological polar surface area (TPSA) is 40.5 Å². The van der Waals surface area contributed by atoms with E-state index in [0.717, 1.165) is 18.7 Å². The van der Waals surface area contributed by atoms with Crippen LogP contribution in [0, 0.1) is 0 Å². The summed E-state index contributed by atoms with van der Waals surface area (Å²) < 4.78 is 0. The number of carbonyl (C=O) groups is 1. The Labute approximate surface area is 95.7 Å². The van der Waals surface area contributed by atoms with Crippen LogP contribution in [0.3, 0.4) is 0 Å². The maximum Gasteiger partial charge on any atom is 0.307 e. The first-order valence-corrected chi connectivity index (χ1v) is 5.81. The Morgan fingerprint density at radius 1 is 1.12 bits per heavy atom. The normalized spacial score (nSPS) is 16.1. The molecule has 0 unspecified atom stereocenters. The van der Waals surface area contributed by atoms with Crippen molar-refractivity contribution < 1.29 is 9.90 Å². The fourth-order valence-electron chi connectivity index (χ4n) is 2.15. The van der Waals surface area contributed by atoms with Crippen molar-refractivity contribution in [1.82, 2.24) is 0 Å². The molecule has 1 aromatic rings. The van der Waals surface area contributed by atoms with Gasteiger partial charge >= 0.3 is 5.97 Å². The maximum atomic E-state index is 10.5. The smallest absolute Gasteiger partial charge is 0.307 e. The molecule has 1 fully saturated rings. The number of benzene rings is 1. The summed E-state index contributed by atoms with van der Waals surface area (Å²) in [5.41, 5.74) is 2.09. The Hall–Kier alpha value is -1.51. The monoisotopic (exact) mass is 219 g/mol. The first-order chi connectivity index (χ1) is 7.75. The summed E-state index contributed by atoms with van der Waals surface area (Å²) in [7, 11) is 0. The SMILES string of the molecule is O=C(O)Cc1ccc(N2CCCCC2)cc1. The van der Waals surface area contributed by atoms with Crippen LogP contribution in [0.2, 0.25) is 0 Å². The molecule has 0 amide bonds. The molecule has 86 valence electrons. The second kappa shape index (κ2) is 5.01. The number of carboxylic acids is 1. The minimum Gasteiger partial charge on any atom is -0.481 e. The highest BCUT2D eigenvalue weighted by Crippen LogP contribution is 2.20. The van der Waals surface area contributed by atoms with Crippen LogP contribution in [-0.2, 0) is 11.2 Å². The van der Waals surface area contributed by atoms with E-state index in [0.29, 0.717) is 0 Å². The summed E-state index contributed by atoms with van der Waals surface area (Å²) in [6.07, 6.45) is 3.96. The van der Waals surface area contributed by atoms with Gasteiger partial charge in [-0.05, 0) is 37.0 Å². The number of carboxylic acid groups (broad SMARTS) is 1. The predicted octanol–water partition coefficient (Wildman–Crippen LogP) is 2.30. The van der Waals surface area contributed by atoms with E-state index >= 15 is 0 Å². The average molecular weight is 219 g/mol. The van der Waals surface area contributed by atoms with Gasteiger partial charge in [-0.2, -0.15) is 0 Å². The Kier molecular flexibility index (Phi) is 3.44. The van der Waals surface area contributed by atoms with Crippen molar-refractivity contribution in [3.05, 3.63) is 29.8 Å².